The molecule has 0 fully saturated rings. The summed E-state index contributed by atoms with van der Waals surface area (Å²) in [6.07, 6.45) is 0.139. The van der Waals surface area contributed by atoms with Gasteiger partial charge in [0.05, 0.1) is 4.90 Å². The summed E-state index contributed by atoms with van der Waals surface area (Å²) in [6, 6.07) is 8.06. The van der Waals surface area contributed by atoms with Gasteiger partial charge in [0.15, 0.2) is 0 Å². The average Bonchev–Trinajstić information content (AvgIpc) is 2.30. The fraction of sp³-hybridized carbons (Fsp3) is 0.364. The van der Waals surface area contributed by atoms with Crippen LogP contribution in [0.3, 0.4) is 0 Å². The Kier molecular flexibility index (Phi) is 5.11. The van der Waals surface area contributed by atoms with Gasteiger partial charge in [0, 0.05) is 19.5 Å². The van der Waals surface area contributed by atoms with Gasteiger partial charge in [-0.3, -0.25) is 4.79 Å². The number of carbonyl (C=O) groups excluding carboxylic acids is 1. The van der Waals surface area contributed by atoms with Crippen molar-refractivity contribution in [3.05, 3.63) is 30.3 Å². The van der Waals surface area contributed by atoms with Crippen LogP contribution in [-0.2, 0) is 14.8 Å². The van der Waals surface area contributed by atoms with Crippen molar-refractivity contribution in [3.63, 3.8) is 0 Å². The maximum absolute atomic E-state index is 11.7. The van der Waals surface area contributed by atoms with Crippen LogP contribution in [0, 0.1) is 0 Å². The van der Waals surface area contributed by atoms with E-state index < -0.39 is 10.0 Å². The summed E-state index contributed by atoms with van der Waals surface area (Å²) >= 11 is 0. The number of carbonyl (C=O) groups is 1. The molecule has 0 saturated heterocycles. The highest BCUT2D eigenvalue weighted by Gasteiger charge is 2.12. The predicted molar refractivity (Wildman–Crippen MR) is 64.9 cm³/mol. The van der Waals surface area contributed by atoms with Gasteiger partial charge in [0.25, 0.3) is 0 Å². The van der Waals surface area contributed by atoms with E-state index in [0.717, 1.165) is 0 Å². The molecule has 0 radical (unpaired) electrons. The van der Waals surface area contributed by atoms with Crippen molar-refractivity contribution in [2.45, 2.75) is 18.2 Å². The Hall–Kier alpha value is -1.40. The van der Waals surface area contributed by atoms with Crippen LogP contribution in [0.5, 0.6) is 0 Å². The lowest BCUT2D eigenvalue weighted by molar-refractivity contribution is -0.120. The summed E-state index contributed by atoms with van der Waals surface area (Å²) in [5.74, 6) is -0.164. The van der Waals surface area contributed by atoms with Crippen LogP contribution in [0.1, 0.15) is 13.3 Å². The molecule has 0 heterocycles. The molecule has 1 rings (SSSR count). The molecule has 6 heteroatoms. The van der Waals surface area contributed by atoms with Gasteiger partial charge in [-0.05, 0) is 19.1 Å². The molecule has 0 unspecified atom stereocenters. The van der Waals surface area contributed by atoms with Crippen LogP contribution < -0.4 is 10.0 Å². The number of hydrogen-bond donors (Lipinski definition) is 2. The van der Waals surface area contributed by atoms with E-state index in [1.165, 1.54) is 12.1 Å². The highest BCUT2D eigenvalue weighted by atomic mass is 32.2. The van der Waals surface area contributed by atoms with Crippen molar-refractivity contribution in [1.29, 1.82) is 0 Å². The molecule has 1 amide bonds. The van der Waals surface area contributed by atoms with E-state index >= 15 is 0 Å². The number of rotatable bonds is 6. The smallest absolute Gasteiger partial charge is 0.240 e. The SMILES string of the molecule is CCNC(=O)CCNS(=O)(=O)c1ccccc1. The highest BCUT2D eigenvalue weighted by Crippen LogP contribution is 2.06. The largest absolute Gasteiger partial charge is 0.356 e. The summed E-state index contributed by atoms with van der Waals surface area (Å²) < 4.78 is 25.8. The third-order valence-corrected chi connectivity index (χ3v) is 3.55. The fourth-order valence-corrected chi connectivity index (χ4v) is 2.32. The lowest BCUT2D eigenvalue weighted by Crippen LogP contribution is -2.30. The van der Waals surface area contributed by atoms with Crippen molar-refractivity contribution in [1.82, 2.24) is 10.0 Å². The zero-order chi connectivity index (χ0) is 12.7. The van der Waals surface area contributed by atoms with Crippen molar-refractivity contribution in [3.8, 4) is 0 Å². The van der Waals surface area contributed by atoms with Crippen LogP contribution in [-0.4, -0.2) is 27.4 Å². The molecule has 17 heavy (non-hydrogen) atoms. The fourth-order valence-electron chi connectivity index (χ4n) is 1.27. The summed E-state index contributed by atoms with van der Waals surface area (Å²) in [4.78, 5) is 11.3. The molecule has 0 aliphatic carbocycles. The van der Waals surface area contributed by atoms with E-state index in [9.17, 15) is 13.2 Å². The van der Waals surface area contributed by atoms with Gasteiger partial charge in [-0.2, -0.15) is 0 Å². The average molecular weight is 256 g/mol. The Morgan fingerprint density at radius 3 is 2.47 bits per heavy atom. The maximum atomic E-state index is 11.7. The molecule has 0 aromatic heterocycles. The quantitative estimate of drug-likeness (QED) is 0.778. The molecule has 0 spiro atoms. The lowest BCUT2D eigenvalue weighted by atomic mass is 10.4. The van der Waals surface area contributed by atoms with E-state index in [0.29, 0.717) is 6.54 Å². The molecule has 94 valence electrons. The number of benzene rings is 1. The normalized spacial score (nSPS) is 11.1. The van der Waals surface area contributed by atoms with Crippen molar-refractivity contribution in [2.75, 3.05) is 13.1 Å². The van der Waals surface area contributed by atoms with Gasteiger partial charge < -0.3 is 5.32 Å². The van der Waals surface area contributed by atoms with E-state index in [4.69, 9.17) is 0 Å². The molecule has 0 aliphatic rings. The summed E-state index contributed by atoms with van der Waals surface area (Å²) in [6.45, 7) is 2.46. The van der Waals surface area contributed by atoms with E-state index in [-0.39, 0.29) is 23.8 Å². The van der Waals surface area contributed by atoms with Gasteiger partial charge in [0.2, 0.25) is 15.9 Å². The van der Waals surface area contributed by atoms with Gasteiger partial charge in [-0.1, -0.05) is 18.2 Å². The standard InChI is InChI=1S/C11H16N2O3S/c1-2-12-11(14)8-9-13-17(15,16)10-6-4-3-5-7-10/h3-7,13H,2,8-9H2,1H3,(H,12,14). The van der Waals surface area contributed by atoms with Gasteiger partial charge in [0.1, 0.15) is 0 Å². The Bertz CT molecular complexity index is 457. The topological polar surface area (TPSA) is 75.3 Å². The first-order valence-corrected chi connectivity index (χ1v) is 6.86. The first kappa shape index (κ1) is 13.7. The number of nitrogens with one attached hydrogen (secondary N) is 2. The van der Waals surface area contributed by atoms with Gasteiger partial charge in [-0.25, -0.2) is 13.1 Å². The third-order valence-electron chi connectivity index (χ3n) is 2.07. The third kappa shape index (κ3) is 4.54. The van der Waals surface area contributed by atoms with Crippen LogP contribution in [0.25, 0.3) is 0 Å². The van der Waals surface area contributed by atoms with Gasteiger partial charge in [-0.15, -0.1) is 0 Å². The molecular weight excluding hydrogens is 240 g/mol. The van der Waals surface area contributed by atoms with Crippen LogP contribution >= 0.6 is 0 Å². The Morgan fingerprint density at radius 2 is 1.88 bits per heavy atom. The summed E-state index contributed by atoms with van der Waals surface area (Å²) in [5, 5.41) is 2.60. The molecule has 0 saturated carbocycles. The Labute approximate surface area is 101 Å². The molecule has 1 aromatic rings. The summed E-state index contributed by atoms with van der Waals surface area (Å²) in [5.41, 5.74) is 0. The van der Waals surface area contributed by atoms with Crippen LogP contribution in [0.2, 0.25) is 0 Å². The van der Waals surface area contributed by atoms with Crippen LogP contribution in [0.4, 0.5) is 0 Å². The van der Waals surface area contributed by atoms with E-state index in [1.807, 2.05) is 6.92 Å². The molecule has 1 aromatic carbocycles. The van der Waals surface area contributed by atoms with Crippen LogP contribution in [0.15, 0.2) is 35.2 Å². The number of sulfonamides is 1. The number of amides is 1. The predicted octanol–water partition coefficient (Wildman–Crippen LogP) is 0.491. The van der Waals surface area contributed by atoms with Crippen molar-refractivity contribution in [2.24, 2.45) is 0 Å². The van der Waals surface area contributed by atoms with E-state index in [1.54, 1.807) is 18.2 Å². The summed E-state index contributed by atoms with van der Waals surface area (Å²) in [7, 11) is -3.50. The molecule has 0 bridgehead atoms. The van der Waals surface area contributed by atoms with Crippen molar-refractivity contribution < 1.29 is 13.2 Å². The number of hydrogen-bond acceptors (Lipinski definition) is 3. The second-order valence-electron chi connectivity index (χ2n) is 3.41. The molecule has 5 nitrogen and oxygen atoms in total. The highest BCUT2D eigenvalue weighted by molar-refractivity contribution is 7.89. The maximum Gasteiger partial charge on any atom is 0.240 e. The molecule has 0 aliphatic heterocycles. The minimum absolute atomic E-state index is 0.100. The second kappa shape index (κ2) is 6.36. The molecule has 2 N–H and O–H groups in total. The Morgan fingerprint density at radius 1 is 1.24 bits per heavy atom. The minimum Gasteiger partial charge on any atom is -0.356 e. The second-order valence-corrected chi connectivity index (χ2v) is 5.18. The van der Waals surface area contributed by atoms with E-state index in [2.05, 4.69) is 10.0 Å². The lowest BCUT2D eigenvalue weighted by Gasteiger charge is -2.06. The minimum atomic E-state index is -3.50. The van der Waals surface area contributed by atoms with Crippen molar-refractivity contribution >= 4 is 15.9 Å². The first-order valence-electron chi connectivity index (χ1n) is 5.37. The first-order chi connectivity index (χ1) is 8.06. The van der Waals surface area contributed by atoms with Gasteiger partial charge >= 0.3 is 0 Å². The zero-order valence-corrected chi connectivity index (χ0v) is 10.5. The molecule has 0 atom stereocenters. The Balaban J connectivity index is 2.49. The molecular formula is C11H16N2O3S. The monoisotopic (exact) mass is 256 g/mol. The zero-order valence-electron chi connectivity index (χ0n) is 9.64.